The molecule has 100 valence electrons. The van der Waals surface area contributed by atoms with Crippen molar-refractivity contribution in [2.45, 2.75) is 39.3 Å². The fourth-order valence-corrected chi connectivity index (χ4v) is 1.85. The molecule has 0 bridgehead atoms. The minimum Gasteiger partial charge on any atom is -0.459 e. The number of benzene rings is 1. The molecular formula is C14H20ClNO2. The van der Waals surface area contributed by atoms with Crippen LogP contribution in [0.2, 0.25) is 5.02 Å². The van der Waals surface area contributed by atoms with Crippen LogP contribution in [-0.2, 0) is 9.53 Å². The number of ether oxygens (including phenoxy) is 1. The number of nitrogens with one attached hydrogen (secondary N) is 1. The Bertz CT molecular complexity index is 413. The zero-order chi connectivity index (χ0) is 13.8. The van der Waals surface area contributed by atoms with Crippen LogP contribution in [0.4, 0.5) is 0 Å². The highest BCUT2D eigenvalue weighted by Crippen LogP contribution is 2.21. The fourth-order valence-electron chi connectivity index (χ4n) is 1.55. The van der Waals surface area contributed by atoms with Crippen molar-refractivity contribution in [1.82, 2.24) is 5.32 Å². The maximum atomic E-state index is 11.6. The first-order chi connectivity index (χ1) is 8.29. The lowest BCUT2D eigenvalue weighted by atomic mass is 10.1. The second kappa shape index (κ2) is 6.21. The Morgan fingerprint density at radius 3 is 2.56 bits per heavy atom. The van der Waals surface area contributed by atoms with E-state index in [1.165, 1.54) is 0 Å². The molecule has 0 spiro atoms. The van der Waals surface area contributed by atoms with E-state index in [9.17, 15) is 4.79 Å². The molecule has 1 atom stereocenters. The third kappa shape index (κ3) is 5.07. The van der Waals surface area contributed by atoms with Crippen molar-refractivity contribution in [2.75, 3.05) is 6.54 Å². The lowest BCUT2D eigenvalue weighted by molar-refractivity contribution is -0.153. The number of carbonyl (C=O) groups is 1. The summed E-state index contributed by atoms with van der Waals surface area (Å²) in [6, 6.07) is 7.59. The fraction of sp³-hybridized carbons (Fsp3) is 0.500. The van der Waals surface area contributed by atoms with Gasteiger partial charge >= 0.3 is 5.97 Å². The monoisotopic (exact) mass is 269 g/mol. The van der Waals surface area contributed by atoms with E-state index < -0.39 is 5.60 Å². The van der Waals surface area contributed by atoms with Gasteiger partial charge in [-0.3, -0.25) is 4.79 Å². The summed E-state index contributed by atoms with van der Waals surface area (Å²) in [6.07, 6.45) is 0. The molecule has 0 heterocycles. The maximum absolute atomic E-state index is 11.6. The van der Waals surface area contributed by atoms with E-state index in [-0.39, 0.29) is 18.6 Å². The Balaban J connectivity index is 2.49. The van der Waals surface area contributed by atoms with Gasteiger partial charge < -0.3 is 10.1 Å². The van der Waals surface area contributed by atoms with Crippen LogP contribution in [0.5, 0.6) is 0 Å². The third-order valence-corrected chi connectivity index (χ3v) is 2.69. The normalized spacial score (nSPS) is 13.2. The standard InChI is InChI=1S/C14H20ClNO2/c1-10(11-7-5-6-8-12(11)15)16-9-13(17)18-14(2,3)4/h5-8,10,16H,9H2,1-4H3. The minimum atomic E-state index is -0.452. The molecule has 1 aromatic rings. The van der Waals surface area contributed by atoms with Gasteiger partial charge in [-0.15, -0.1) is 0 Å². The summed E-state index contributed by atoms with van der Waals surface area (Å²) >= 11 is 6.08. The Morgan fingerprint density at radius 1 is 1.39 bits per heavy atom. The molecule has 1 unspecified atom stereocenters. The van der Waals surface area contributed by atoms with Crippen LogP contribution in [0.25, 0.3) is 0 Å². The summed E-state index contributed by atoms with van der Waals surface area (Å²) in [5.41, 5.74) is 0.523. The molecule has 1 N–H and O–H groups in total. The smallest absolute Gasteiger partial charge is 0.320 e. The van der Waals surface area contributed by atoms with Gasteiger partial charge in [-0.1, -0.05) is 29.8 Å². The van der Waals surface area contributed by atoms with Crippen molar-refractivity contribution in [2.24, 2.45) is 0 Å². The molecule has 4 heteroatoms. The van der Waals surface area contributed by atoms with Crippen molar-refractivity contribution in [3.05, 3.63) is 34.9 Å². The quantitative estimate of drug-likeness (QED) is 0.852. The van der Waals surface area contributed by atoms with Gasteiger partial charge in [-0.05, 0) is 39.3 Å². The molecule has 1 rings (SSSR count). The van der Waals surface area contributed by atoms with Crippen LogP contribution in [0.1, 0.15) is 39.3 Å². The number of hydrogen-bond donors (Lipinski definition) is 1. The van der Waals surface area contributed by atoms with Crippen molar-refractivity contribution in [1.29, 1.82) is 0 Å². The van der Waals surface area contributed by atoms with Gasteiger partial charge in [0.25, 0.3) is 0 Å². The Kier molecular flexibility index (Phi) is 5.17. The van der Waals surface area contributed by atoms with Crippen LogP contribution >= 0.6 is 11.6 Å². The molecule has 1 aromatic carbocycles. The predicted octanol–water partition coefficient (Wildman–Crippen LogP) is 3.33. The van der Waals surface area contributed by atoms with E-state index in [4.69, 9.17) is 16.3 Å². The van der Waals surface area contributed by atoms with Gasteiger partial charge in [0.05, 0.1) is 6.54 Å². The zero-order valence-electron chi connectivity index (χ0n) is 11.3. The average Bonchev–Trinajstić information content (AvgIpc) is 2.24. The Labute approximate surface area is 113 Å². The first-order valence-electron chi connectivity index (χ1n) is 5.99. The molecule has 0 saturated carbocycles. The molecule has 0 aliphatic carbocycles. The van der Waals surface area contributed by atoms with Gasteiger partial charge in [0.2, 0.25) is 0 Å². The highest BCUT2D eigenvalue weighted by Gasteiger charge is 2.17. The Hall–Kier alpha value is -1.06. The third-order valence-electron chi connectivity index (χ3n) is 2.34. The number of hydrogen-bond acceptors (Lipinski definition) is 3. The number of esters is 1. The molecule has 18 heavy (non-hydrogen) atoms. The Morgan fingerprint density at radius 2 is 2.00 bits per heavy atom. The van der Waals surface area contributed by atoms with E-state index in [1.807, 2.05) is 52.0 Å². The summed E-state index contributed by atoms with van der Waals surface area (Å²) < 4.78 is 5.22. The van der Waals surface area contributed by atoms with Gasteiger partial charge in [0.15, 0.2) is 0 Å². The maximum Gasteiger partial charge on any atom is 0.320 e. The van der Waals surface area contributed by atoms with E-state index in [0.29, 0.717) is 5.02 Å². The van der Waals surface area contributed by atoms with Crippen LogP contribution in [0.15, 0.2) is 24.3 Å². The summed E-state index contributed by atoms with van der Waals surface area (Å²) in [4.78, 5) is 11.6. The largest absolute Gasteiger partial charge is 0.459 e. The van der Waals surface area contributed by atoms with Crippen LogP contribution in [0.3, 0.4) is 0 Å². The highest BCUT2D eigenvalue weighted by atomic mass is 35.5. The summed E-state index contributed by atoms with van der Waals surface area (Å²) in [5, 5.41) is 3.80. The van der Waals surface area contributed by atoms with Crippen molar-refractivity contribution in [3.8, 4) is 0 Å². The molecule has 0 aliphatic rings. The van der Waals surface area contributed by atoms with Crippen LogP contribution in [0, 0.1) is 0 Å². The van der Waals surface area contributed by atoms with Crippen molar-refractivity contribution >= 4 is 17.6 Å². The topological polar surface area (TPSA) is 38.3 Å². The summed E-state index contributed by atoms with van der Waals surface area (Å²) in [6.45, 7) is 7.68. The number of halogens is 1. The number of carbonyl (C=O) groups excluding carboxylic acids is 1. The molecule has 0 radical (unpaired) electrons. The van der Waals surface area contributed by atoms with Crippen molar-refractivity contribution < 1.29 is 9.53 Å². The molecule has 0 amide bonds. The lowest BCUT2D eigenvalue weighted by Gasteiger charge is -2.21. The van der Waals surface area contributed by atoms with E-state index in [1.54, 1.807) is 0 Å². The summed E-state index contributed by atoms with van der Waals surface area (Å²) in [7, 11) is 0. The van der Waals surface area contributed by atoms with E-state index >= 15 is 0 Å². The average molecular weight is 270 g/mol. The summed E-state index contributed by atoms with van der Waals surface area (Å²) in [5.74, 6) is -0.263. The van der Waals surface area contributed by atoms with Gasteiger partial charge in [-0.2, -0.15) is 0 Å². The van der Waals surface area contributed by atoms with Crippen LogP contribution < -0.4 is 5.32 Å². The van der Waals surface area contributed by atoms with Crippen molar-refractivity contribution in [3.63, 3.8) is 0 Å². The van der Waals surface area contributed by atoms with Gasteiger partial charge in [-0.25, -0.2) is 0 Å². The zero-order valence-corrected chi connectivity index (χ0v) is 12.0. The predicted molar refractivity (Wildman–Crippen MR) is 73.7 cm³/mol. The van der Waals surface area contributed by atoms with E-state index in [0.717, 1.165) is 5.56 Å². The first-order valence-corrected chi connectivity index (χ1v) is 6.37. The second-order valence-electron chi connectivity index (χ2n) is 5.21. The lowest BCUT2D eigenvalue weighted by Crippen LogP contribution is -2.32. The molecule has 0 aliphatic heterocycles. The molecule has 0 aromatic heterocycles. The molecule has 3 nitrogen and oxygen atoms in total. The molecular weight excluding hydrogens is 250 g/mol. The van der Waals surface area contributed by atoms with Gasteiger partial charge in [0.1, 0.15) is 5.60 Å². The SMILES string of the molecule is CC(NCC(=O)OC(C)(C)C)c1ccccc1Cl. The van der Waals surface area contributed by atoms with Gasteiger partial charge in [0, 0.05) is 11.1 Å². The minimum absolute atomic E-state index is 0.00576. The highest BCUT2D eigenvalue weighted by molar-refractivity contribution is 6.31. The second-order valence-corrected chi connectivity index (χ2v) is 5.62. The number of rotatable bonds is 4. The van der Waals surface area contributed by atoms with E-state index in [2.05, 4.69) is 5.32 Å². The molecule has 0 saturated heterocycles. The van der Waals surface area contributed by atoms with Crippen LogP contribution in [-0.4, -0.2) is 18.1 Å². The first kappa shape index (κ1) is 15.0. The molecule has 0 fully saturated rings.